The molecule has 32 heavy (non-hydrogen) atoms. The van der Waals surface area contributed by atoms with Crippen LogP contribution in [-0.2, 0) is 23.0 Å². The number of fused-ring (bicyclic) bond motifs is 2. The summed E-state index contributed by atoms with van der Waals surface area (Å²) in [7, 11) is -3.96. The molecular formula is C25H21N3O3S. The van der Waals surface area contributed by atoms with Crippen LogP contribution in [0, 0.1) is 0 Å². The maximum atomic E-state index is 13.3. The van der Waals surface area contributed by atoms with Crippen LogP contribution < -0.4 is 4.72 Å². The van der Waals surface area contributed by atoms with Crippen molar-refractivity contribution in [1.82, 2.24) is 9.88 Å². The highest BCUT2D eigenvalue weighted by atomic mass is 32.2. The molecular weight excluding hydrogens is 422 g/mol. The molecule has 0 radical (unpaired) electrons. The van der Waals surface area contributed by atoms with Gasteiger partial charge in [-0.2, -0.15) is 0 Å². The van der Waals surface area contributed by atoms with Gasteiger partial charge in [0.1, 0.15) is 4.90 Å². The number of nitrogens with one attached hydrogen (secondary N) is 1. The molecule has 6 nitrogen and oxygen atoms in total. The average molecular weight is 444 g/mol. The monoisotopic (exact) mass is 443 g/mol. The van der Waals surface area contributed by atoms with E-state index in [1.54, 1.807) is 47.5 Å². The number of hydrogen-bond donors (Lipinski definition) is 1. The third-order valence-electron chi connectivity index (χ3n) is 5.70. The van der Waals surface area contributed by atoms with Gasteiger partial charge in [-0.25, -0.2) is 8.42 Å². The minimum absolute atomic E-state index is 0.0738. The summed E-state index contributed by atoms with van der Waals surface area (Å²) < 4.78 is 29.1. The van der Waals surface area contributed by atoms with E-state index in [4.69, 9.17) is 0 Å². The van der Waals surface area contributed by atoms with Gasteiger partial charge in [-0.3, -0.25) is 14.5 Å². The molecule has 1 aliphatic heterocycles. The van der Waals surface area contributed by atoms with Crippen molar-refractivity contribution in [2.24, 2.45) is 0 Å². The van der Waals surface area contributed by atoms with Gasteiger partial charge in [0, 0.05) is 24.7 Å². The lowest BCUT2D eigenvalue weighted by Crippen LogP contribution is -2.36. The molecule has 0 unspecified atom stereocenters. The molecule has 0 fully saturated rings. The van der Waals surface area contributed by atoms with Crippen LogP contribution in [0.15, 0.2) is 90.0 Å². The van der Waals surface area contributed by atoms with Crippen LogP contribution in [0.25, 0.3) is 10.9 Å². The van der Waals surface area contributed by atoms with Gasteiger partial charge in [0.05, 0.1) is 16.8 Å². The minimum atomic E-state index is -3.96. The first-order valence-electron chi connectivity index (χ1n) is 10.3. The molecule has 1 amide bonds. The predicted molar refractivity (Wildman–Crippen MR) is 124 cm³/mol. The van der Waals surface area contributed by atoms with Crippen LogP contribution in [0.3, 0.4) is 0 Å². The third-order valence-corrected chi connectivity index (χ3v) is 7.10. The van der Waals surface area contributed by atoms with E-state index in [1.165, 1.54) is 11.6 Å². The molecule has 0 spiro atoms. The third kappa shape index (κ3) is 3.71. The summed E-state index contributed by atoms with van der Waals surface area (Å²) in [4.78, 5) is 19.4. The Labute approximate surface area is 186 Å². The topological polar surface area (TPSA) is 79.4 Å². The Morgan fingerprint density at radius 3 is 2.50 bits per heavy atom. The normalized spacial score (nSPS) is 13.6. The molecule has 2 heterocycles. The number of anilines is 1. The second kappa shape index (κ2) is 8.09. The minimum Gasteiger partial charge on any atom is -0.334 e. The number of nitrogens with zero attached hydrogens (tertiary/aromatic N) is 2. The van der Waals surface area contributed by atoms with Crippen molar-refractivity contribution < 1.29 is 13.2 Å². The summed E-state index contributed by atoms with van der Waals surface area (Å²) >= 11 is 0. The van der Waals surface area contributed by atoms with Gasteiger partial charge in [-0.15, -0.1) is 0 Å². The van der Waals surface area contributed by atoms with Crippen LogP contribution in [0.2, 0.25) is 0 Å². The lowest BCUT2D eigenvalue weighted by atomic mass is 9.99. The van der Waals surface area contributed by atoms with E-state index < -0.39 is 10.0 Å². The second-order valence-corrected chi connectivity index (χ2v) is 9.38. The fourth-order valence-electron chi connectivity index (χ4n) is 4.09. The Morgan fingerprint density at radius 2 is 1.62 bits per heavy atom. The van der Waals surface area contributed by atoms with E-state index in [2.05, 4.69) is 15.8 Å². The maximum Gasteiger partial charge on any atom is 0.264 e. The Balaban J connectivity index is 1.47. The van der Waals surface area contributed by atoms with E-state index >= 15 is 0 Å². The molecule has 1 N–H and O–H groups in total. The van der Waals surface area contributed by atoms with Gasteiger partial charge >= 0.3 is 0 Å². The van der Waals surface area contributed by atoms with Gasteiger partial charge in [0.25, 0.3) is 15.9 Å². The zero-order chi connectivity index (χ0) is 22.1. The van der Waals surface area contributed by atoms with E-state index in [1.807, 2.05) is 30.3 Å². The number of amides is 1. The number of carbonyl (C=O) groups excluding carboxylic acids is 1. The number of rotatable bonds is 4. The maximum absolute atomic E-state index is 13.3. The summed E-state index contributed by atoms with van der Waals surface area (Å²) in [6, 6.07) is 23.4. The predicted octanol–water partition coefficient (Wildman–Crippen LogP) is 4.23. The van der Waals surface area contributed by atoms with Crippen LogP contribution in [-0.4, -0.2) is 30.8 Å². The smallest absolute Gasteiger partial charge is 0.264 e. The first kappa shape index (κ1) is 20.2. The number of benzene rings is 3. The molecule has 1 aromatic heterocycles. The van der Waals surface area contributed by atoms with E-state index in [0.717, 1.165) is 17.4 Å². The van der Waals surface area contributed by atoms with Gasteiger partial charge in [-0.05, 0) is 41.8 Å². The van der Waals surface area contributed by atoms with Crippen LogP contribution in [0.1, 0.15) is 21.5 Å². The number of pyridine rings is 1. The number of aromatic nitrogens is 1. The first-order chi connectivity index (χ1) is 15.5. The number of hydrogen-bond acceptors (Lipinski definition) is 4. The Kier molecular flexibility index (Phi) is 5.11. The highest BCUT2D eigenvalue weighted by Gasteiger charge is 2.26. The second-order valence-electron chi connectivity index (χ2n) is 7.73. The average Bonchev–Trinajstić information content (AvgIpc) is 2.83. The molecule has 5 rings (SSSR count). The lowest BCUT2D eigenvalue weighted by molar-refractivity contribution is 0.0736. The zero-order valence-corrected chi connectivity index (χ0v) is 18.0. The largest absolute Gasteiger partial charge is 0.334 e. The molecule has 4 aromatic rings. The SMILES string of the molecule is O=C(c1ccccc1NS(=O)(=O)c1cccc2cccnc12)N1CCc2ccccc2C1. The lowest BCUT2D eigenvalue weighted by Gasteiger charge is -2.29. The Bertz CT molecular complexity index is 1430. The highest BCUT2D eigenvalue weighted by Crippen LogP contribution is 2.27. The number of para-hydroxylation sites is 2. The number of sulfonamides is 1. The molecule has 0 bridgehead atoms. The zero-order valence-electron chi connectivity index (χ0n) is 17.2. The summed E-state index contributed by atoms with van der Waals surface area (Å²) in [6.07, 6.45) is 2.34. The van der Waals surface area contributed by atoms with Crippen molar-refractivity contribution in [3.8, 4) is 0 Å². The molecule has 1 aliphatic rings. The summed E-state index contributed by atoms with van der Waals surface area (Å²) in [6.45, 7) is 1.09. The summed E-state index contributed by atoms with van der Waals surface area (Å²) in [5.41, 5.74) is 3.33. The van der Waals surface area contributed by atoms with Crippen LogP contribution >= 0.6 is 0 Å². The Morgan fingerprint density at radius 1 is 0.875 bits per heavy atom. The quantitative estimate of drug-likeness (QED) is 0.512. The van der Waals surface area contributed by atoms with Crippen molar-refractivity contribution in [3.63, 3.8) is 0 Å². The van der Waals surface area contributed by atoms with Gasteiger partial charge in [0.2, 0.25) is 0 Å². The van der Waals surface area contributed by atoms with Gasteiger partial charge in [-0.1, -0.05) is 54.6 Å². The van der Waals surface area contributed by atoms with Crippen molar-refractivity contribution in [2.45, 2.75) is 17.9 Å². The van der Waals surface area contributed by atoms with E-state index in [0.29, 0.717) is 24.2 Å². The van der Waals surface area contributed by atoms with Gasteiger partial charge < -0.3 is 4.90 Å². The molecule has 7 heteroatoms. The van der Waals surface area contributed by atoms with E-state index in [9.17, 15) is 13.2 Å². The van der Waals surface area contributed by atoms with Crippen molar-refractivity contribution in [3.05, 3.63) is 102 Å². The van der Waals surface area contributed by atoms with Crippen LogP contribution in [0.4, 0.5) is 5.69 Å². The summed E-state index contributed by atoms with van der Waals surface area (Å²) in [5.74, 6) is -0.200. The molecule has 0 saturated carbocycles. The molecule has 0 atom stereocenters. The molecule has 160 valence electrons. The first-order valence-corrected chi connectivity index (χ1v) is 11.8. The van der Waals surface area contributed by atoms with Crippen molar-refractivity contribution >= 4 is 32.5 Å². The van der Waals surface area contributed by atoms with Crippen LogP contribution in [0.5, 0.6) is 0 Å². The highest BCUT2D eigenvalue weighted by molar-refractivity contribution is 7.93. The Hall–Kier alpha value is -3.71. The fourth-order valence-corrected chi connectivity index (χ4v) is 5.35. The fraction of sp³-hybridized carbons (Fsp3) is 0.120. The molecule has 0 saturated heterocycles. The molecule has 3 aromatic carbocycles. The standard InChI is InChI=1S/C25H21N3O3S/c29-25(28-16-14-18-7-1-2-8-20(18)17-28)21-11-3-4-12-22(21)27-32(30,31)23-13-5-9-19-10-6-15-26-24(19)23/h1-13,15,27H,14,16-17H2. The van der Waals surface area contributed by atoms with E-state index in [-0.39, 0.29) is 16.5 Å². The number of carbonyl (C=O) groups is 1. The van der Waals surface area contributed by atoms with Gasteiger partial charge in [0.15, 0.2) is 0 Å². The molecule has 0 aliphatic carbocycles. The summed E-state index contributed by atoms with van der Waals surface area (Å²) in [5, 5.41) is 0.728. The van der Waals surface area contributed by atoms with Crippen molar-refractivity contribution in [1.29, 1.82) is 0 Å². The van der Waals surface area contributed by atoms with Crippen molar-refractivity contribution in [2.75, 3.05) is 11.3 Å².